The maximum atomic E-state index is 13.0. The van der Waals surface area contributed by atoms with Gasteiger partial charge in [0.1, 0.15) is 17.4 Å². The minimum Gasteiger partial charge on any atom is -0.497 e. The van der Waals surface area contributed by atoms with Crippen molar-refractivity contribution in [1.29, 1.82) is 0 Å². The van der Waals surface area contributed by atoms with Crippen LogP contribution < -0.4 is 21.4 Å². The molecule has 4 rings (SSSR count). The molecule has 1 heterocycles. The predicted molar refractivity (Wildman–Crippen MR) is 117 cm³/mol. The van der Waals surface area contributed by atoms with Gasteiger partial charge in [-0.2, -0.15) is 0 Å². The minimum absolute atomic E-state index is 0.0419. The molecule has 0 aliphatic carbocycles. The van der Waals surface area contributed by atoms with Crippen LogP contribution in [-0.2, 0) is 11.2 Å². The number of ether oxygens (including phenoxy) is 1. The summed E-state index contributed by atoms with van der Waals surface area (Å²) in [5, 5.41) is 5.02. The quantitative estimate of drug-likeness (QED) is 0.470. The number of amides is 2. The van der Waals surface area contributed by atoms with Crippen molar-refractivity contribution in [1.82, 2.24) is 5.32 Å². The Morgan fingerprint density at radius 3 is 2.58 bits per heavy atom. The molecule has 0 fully saturated rings. The van der Waals surface area contributed by atoms with Crippen LogP contribution in [0.15, 0.2) is 75.9 Å². The number of carbonyl (C=O) groups is 2. The number of hydrogen-bond acceptors (Lipinski definition) is 5. The van der Waals surface area contributed by atoms with E-state index in [1.807, 2.05) is 30.3 Å². The third-order valence-corrected chi connectivity index (χ3v) is 5.14. The fourth-order valence-corrected chi connectivity index (χ4v) is 3.61. The summed E-state index contributed by atoms with van der Waals surface area (Å²) in [6.45, 7) is 0. The monoisotopic (exact) mass is 416 g/mol. The smallest absolute Gasteiger partial charge is 0.336 e. The summed E-state index contributed by atoms with van der Waals surface area (Å²) >= 11 is 0. The lowest BCUT2D eigenvalue weighted by Crippen LogP contribution is -2.46. The van der Waals surface area contributed by atoms with Gasteiger partial charge in [0, 0.05) is 29.5 Å². The van der Waals surface area contributed by atoms with Gasteiger partial charge in [-0.25, -0.2) is 4.79 Å². The fraction of sp³-hybridized carbons (Fsp3) is 0.125. The topological polar surface area (TPSA) is 112 Å². The molecule has 0 spiro atoms. The Kier molecular flexibility index (Phi) is 5.41. The van der Waals surface area contributed by atoms with Gasteiger partial charge in [-0.15, -0.1) is 0 Å². The van der Waals surface area contributed by atoms with Crippen LogP contribution in [0.3, 0.4) is 0 Å². The minimum atomic E-state index is -1.02. The van der Waals surface area contributed by atoms with Gasteiger partial charge in [0.15, 0.2) is 0 Å². The van der Waals surface area contributed by atoms with Gasteiger partial charge in [0.25, 0.3) is 5.91 Å². The van der Waals surface area contributed by atoms with Crippen LogP contribution in [0.5, 0.6) is 5.75 Å². The summed E-state index contributed by atoms with van der Waals surface area (Å²) in [6.07, 6.45) is 0.0419. The third-order valence-electron chi connectivity index (χ3n) is 5.14. The van der Waals surface area contributed by atoms with Gasteiger partial charge in [0.05, 0.1) is 7.11 Å². The van der Waals surface area contributed by atoms with Crippen molar-refractivity contribution < 1.29 is 18.7 Å². The Morgan fingerprint density at radius 1 is 1.03 bits per heavy atom. The van der Waals surface area contributed by atoms with Crippen molar-refractivity contribution in [3.8, 4) is 5.75 Å². The zero-order valence-electron chi connectivity index (χ0n) is 16.8. The summed E-state index contributed by atoms with van der Waals surface area (Å²) in [5.74, 6) is -0.596. The molecule has 0 bridgehead atoms. The number of benzene rings is 3. The molecule has 31 heavy (non-hydrogen) atoms. The molecule has 1 aromatic heterocycles. The summed E-state index contributed by atoms with van der Waals surface area (Å²) in [7, 11) is 1.51. The molecule has 0 aliphatic heterocycles. The van der Waals surface area contributed by atoms with E-state index in [9.17, 15) is 14.4 Å². The SMILES string of the molecule is COc1ccc2c(C[C@H](NC(=O)c3cccc4ccccc34)C(N)=O)cc(=O)oc2c1. The third kappa shape index (κ3) is 4.11. The molecule has 0 unspecified atom stereocenters. The van der Waals surface area contributed by atoms with E-state index >= 15 is 0 Å². The molecule has 2 amide bonds. The van der Waals surface area contributed by atoms with Gasteiger partial charge < -0.3 is 20.2 Å². The zero-order chi connectivity index (χ0) is 22.0. The normalized spacial score (nSPS) is 11.9. The van der Waals surface area contributed by atoms with Crippen molar-refractivity contribution in [2.24, 2.45) is 5.73 Å². The van der Waals surface area contributed by atoms with Crippen molar-refractivity contribution in [2.45, 2.75) is 12.5 Å². The number of nitrogens with one attached hydrogen (secondary N) is 1. The Hall–Kier alpha value is -4.13. The maximum Gasteiger partial charge on any atom is 0.336 e. The summed E-state index contributed by atoms with van der Waals surface area (Å²) in [4.78, 5) is 37.1. The molecule has 7 heteroatoms. The average molecular weight is 416 g/mol. The molecule has 0 saturated carbocycles. The Bertz CT molecular complexity index is 1350. The summed E-state index contributed by atoms with van der Waals surface area (Å²) in [5.41, 5.74) is 6.31. The van der Waals surface area contributed by atoms with E-state index in [1.165, 1.54) is 13.2 Å². The van der Waals surface area contributed by atoms with Crippen LogP contribution in [0.25, 0.3) is 21.7 Å². The van der Waals surface area contributed by atoms with Crippen LogP contribution in [0.4, 0.5) is 0 Å². The number of carbonyl (C=O) groups excluding carboxylic acids is 2. The Morgan fingerprint density at radius 2 is 1.81 bits per heavy atom. The lowest BCUT2D eigenvalue weighted by Gasteiger charge is -2.17. The molecule has 0 aliphatic rings. The molecule has 0 radical (unpaired) electrons. The van der Waals surface area contributed by atoms with Gasteiger partial charge in [-0.3, -0.25) is 9.59 Å². The van der Waals surface area contributed by atoms with Gasteiger partial charge in [-0.05, 0) is 34.5 Å². The predicted octanol–water partition coefficient (Wildman–Crippen LogP) is 2.78. The van der Waals surface area contributed by atoms with Crippen molar-refractivity contribution in [2.75, 3.05) is 7.11 Å². The lowest BCUT2D eigenvalue weighted by molar-refractivity contribution is -0.119. The van der Waals surface area contributed by atoms with Crippen molar-refractivity contribution in [3.05, 3.63) is 88.3 Å². The molecule has 7 nitrogen and oxygen atoms in total. The van der Waals surface area contributed by atoms with E-state index in [0.29, 0.717) is 27.8 Å². The number of rotatable bonds is 6. The van der Waals surface area contributed by atoms with Crippen LogP contribution in [-0.4, -0.2) is 25.0 Å². The first-order valence-electron chi connectivity index (χ1n) is 9.65. The molecule has 1 atom stereocenters. The molecular formula is C24H20N2O5. The molecular weight excluding hydrogens is 396 g/mol. The first-order valence-corrected chi connectivity index (χ1v) is 9.65. The number of methoxy groups -OCH3 is 1. The van der Waals surface area contributed by atoms with Gasteiger partial charge >= 0.3 is 5.63 Å². The Balaban J connectivity index is 1.67. The standard InChI is InChI=1S/C24H20N2O5/c1-30-16-9-10-18-15(12-22(27)31-21(18)13-16)11-20(23(25)28)26-24(29)19-8-4-6-14-5-2-3-7-17(14)19/h2-10,12-13,20H,11H2,1H3,(H2,25,28)(H,26,29)/t20-/m0/s1. The maximum absolute atomic E-state index is 13.0. The molecule has 3 aromatic carbocycles. The highest BCUT2D eigenvalue weighted by Gasteiger charge is 2.22. The highest BCUT2D eigenvalue weighted by molar-refractivity contribution is 6.08. The number of fused-ring (bicyclic) bond motifs is 2. The molecule has 3 N–H and O–H groups in total. The first-order chi connectivity index (χ1) is 15.0. The van der Waals surface area contributed by atoms with E-state index in [-0.39, 0.29) is 6.42 Å². The van der Waals surface area contributed by atoms with E-state index in [1.54, 1.807) is 30.3 Å². The molecule has 156 valence electrons. The fourth-order valence-electron chi connectivity index (χ4n) is 3.61. The number of hydrogen-bond donors (Lipinski definition) is 2. The number of primary amides is 1. The zero-order valence-corrected chi connectivity index (χ0v) is 16.8. The van der Waals surface area contributed by atoms with Crippen molar-refractivity contribution in [3.63, 3.8) is 0 Å². The molecule has 4 aromatic rings. The summed E-state index contributed by atoms with van der Waals surface area (Å²) < 4.78 is 10.4. The lowest BCUT2D eigenvalue weighted by atomic mass is 10.0. The van der Waals surface area contributed by atoms with Crippen LogP contribution in [0.1, 0.15) is 15.9 Å². The second-order valence-corrected chi connectivity index (χ2v) is 7.11. The second kappa shape index (κ2) is 8.31. The second-order valence-electron chi connectivity index (χ2n) is 7.11. The largest absolute Gasteiger partial charge is 0.497 e. The summed E-state index contributed by atoms with van der Waals surface area (Å²) in [6, 6.07) is 18.2. The van der Waals surface area contributed by atoms with Crippen LogP contribution in [0, 0.1) is 0 Å². The number of nitrogens with two attached hydrogens (primary N) is 1. The Labute approximate surface area is 177 Å². The van der Waals surface area contributed by atoms with Crippen molar-refractivity contribution >= 4 is 33.6 Å². The van der Waals surface area contributed by atoms with E-state index in [0.717, 1.165) is 10.8 Å². The highest BCUT2D eigenvalue weighted by atomic mass is 16.5. The molecule has 0 saturated heterocycles. The van der Waals surface area contributed by atoms with E-state index in [2.05, 4.69) is 5.32 Å². The average Bonchev–Trinajstić information content (AvgIpc) is 2.77. The van der Waals surface area contributed by atoms with E-state index in [4.69, 9.17) is 14.9 Å². The van der Waals surface area contributed by atoms with E-state index < -0.39 is 23.5 Å². The van der Waals surface area contributed by atoms with Crippen LogP contribution >= 0.6 is 0 Å². The van der Waals surface area contributed by atoms with Crippen LogP contribution in [0.2, 0.25) is 0 Å². The van der Waals surface area contributed by atoms with Gasteiger partial charge in [0.2, 0.25) is 5.91 Å². The van der Waals surface area contributed by atoms with Gasteiger partial charge in [-0.1, -0.05) is 36.4 Å². The highest BCUT2D eigenvalue weighted by Crippen LogP contribution is 2.24. The first kappa shape index (κ1) is 20.2.